The number of benzene rings is 1. The maximum Gasteiger partial charge on any atom is 0.318 e. The lowest BCUT2D eigenvalue weighted by atomic mass is 9.94. The third-order valence-electron chi connectivity index (χ3n) is 4.58. The summed E-state index contributed by atoms with van der Waals surface area (Å²) < 4.78 is 26.2. The molecular formula is C16H22F2N2O2. The van der Waals surface area contributed by atoms with E-state index < -0.39 is 23.2 Å². The molecule has 1 aromatic carbocycles. The highest BCUT2D eigenvalue weighted by Crippen LogP contribution is 2.32. The van der Waals surface area contributed by atoms with Crippen molar-refractivity contribution in [2.45, 2.75) is 44.7 Å². The van der Waals surface area contributed by atoms with Gasteiger partial charge in [-0.1, -0.05) is 13.0 Å². The number of aliphatic hydroxyl groups is 1. The molecule has 1 saturated heterocycles. The fourth-order valence-corrected chi connectivity index (χ4v) is 3.03. The van der Waals surface area contributed by atoms with Gasteiger partial charge >= 0.3 is 6.03 Å². The summed E-state index contributed by atoms with van der Waals surface area (Å²) in [5.41, 5.74) is -0.0183. The van der Waals surface area contributed by atoms with Crippen molar-refractivity contribution in [1.29, 1.82) is 0 Å². The molecule has 0 radical (unpaired) electrons. The topological polar surface area (TPSA) is 52.6 Å². The van der Waals surface area contributed by atoms with E-state index in [2.05, 4.69) is 5.32 Å². The third kappa shape index (κ3) is 3.06. The number of hydrogen-bond donors (Lipinski definition) is 2. The zero-order valence-corrected chi connectivity index (χ0v) is 12.9. The first-order valence-corrected chi connectivity index (χ1v) is 7.57. The summed E-state index contributed by atoms with van der Waals surface area (Å²) in [7, 11) is 0. The molecular weight excluding hydrogens is 290 g/mol. The standard InChI is InChI=1S/C16H22F2N2O2/c1-3-16(10-21)7-4-8-20(16)15(22)19-11(2)12-5-6-13(17)14(18)9-12/h5-6,9,11,21H,3-4,7-8,10H2,1-2H3,(H,19,22). The van der Waals surface area contributed by atoms with Gasteiger partial charge in [-0.05, 0) is 43.9 Å². The van der Waals surface area contributed by atoms with Gasteiger partial charge in [0.25, 0.3) is 0 Å². The number of hydrogen-bond acceptors (Lipinski definition) is 2. The number of likely N-dealkylation sites (tertiary alicyclic amines) is 1. The number of aliphatic hydroxyl groups excluding tert-OH is 1. The monoisotopic (exact) mass is 312 g/mol. The summed E-state index contributed by atoms with van der Waals surface area (Å²) in [6.45, 7) is 4.18. The largest absolute Gasteiger partial charge is 0.394 e. The zero-order valence-electron chi connectivity index (χ0n) is 12.9. The number of nitrogens with one attached hydrogen (secondary N) is 1. The molecule has 0 aliphatic carbocycles. The molecule has 4 nitrogen and oxygen atoms in total. The number of carbonyl (C=O) groups is 1. The van der Waals surface area contributed by atoms with E-state index in [1.807, 2.05) is 6.92 Å². The molecule has 1 aliphatic rings. The number of carbonyl (C=O) groups excluding carboxylic acids is 1. The first-order valence-electron chi connectivity index (χ1n) is 7.57. The number of halogens is 2. The van der Waals surface area contributed by atoms with Gasteiger partial charge in [-0.15, -0.1) is 0 Å². The van der Waals surface area contributed by atoms with E-state index >= 15 is 0 Å². The van der Waals surface area contributed by atoms with Crippen LogP contribution < -0.4 is 5.32 Å². The lowest BCUT2D eigenvalue weighted by Crippen LogP contribution is -2.53. The Hall–Kier alpha value is -1.69. The maximum absolute atomic E-state index is 13.3. The molecule has 2 unspecified atom stereocenters. The summed E-state index contributed by atoms with van der Waals surface area (Å²) in [6, 6.07) is 2.85. The summed E-state index contributed by atoms with van der Waals surface area (Å²) in [6.07, 6.45) is 2.30. The van der Waals surface area contributed by atoms with Crippen molar-refractivity contribution >= 4 is 6.03 Å². The van der Waals surface area contributed by atoms with E-state index in [0.29, 0.717) is 18.5 Å². The van der Waals surface area contributed by atoms with Crippen LogP contribution in [-0.2, 0) is 0 Å². The Labute approximate surface area is 129 Å². The first kappa shape index (κ1) is 16.7. The van der Waals surface area contributed by atoms with Crippen LogP contribution >= 0.6 is 0 Å². The predicted octanol–water partition coefficient (Wildman–Crippen LogP) is 2.97. The van der Waals surface area contributed by atoms with Gasteiger partial charge in [0.2, 0.25) is 0 Å². The lowest BCUT2D eigenvalue weighted by molar-refractivity contribution is 0.0799. The molecule has 122 valence electrons. The Kier molecular flexibility index (Phi) is 5.01. The van der Waals surface area contributed by atoms with Gasteiger partial charge in [0.1, 0.15) is 0 Å². The zero-order chi connectivity index (χ0) is 16.3. The van der Waals surface area contributed by atoms with E-state index in [-0.39, 0.29) is 12.6 Å². The van der Waals surface area contributed by atoms with Crippen LogP contribution in [0.4, 0.5) is 13.6 Å². The van der Waals surface area contributed by atoms with E-state index in [9.17, 15) is 18.7 Å². The fourth-order valence-electron chi connectivity index (χ4n) is 3.03. The smallest absolute Gasteiger partial charge is 0.318 e. The van der Waals surface area contributed by atoms with Gasteiger partial charge in [0.05, 0.1) is 18.2 Å². The highest BCUT2D eigenvalue weighted by molar-refractivity contribution is 5.76. The van der Waals surface area contributed by atoms with Gasteiger partial charge < -0.3 is 15.3 Å². The number of amides is 2. The normalized spacial score (nSPS) is 22.7. The summed E-state index contributed by atoms with van der Waals surface area (Å²) >= 11 is 0. The minimum Gasteiger partial charge on any atom is -0.394 e. The van der Waals surface area contributed by atoms with E-state index in [1.165, 1.54) is 6.07 Å². The van der Waals surface area contributed by atoms with Crippen molar-refractivity contribution in [3.05, 3.63) is 35.4 Å². The average Bonchev–Trinajstić information content (AvgIpc) is 2.94. The Balaban J connectivity index is 2.09. The van der Waals surface area contributed by atoms with Crippen LogP contribution in [0.15, 0.2) is 18.2 Å². The van der Waals surface area contributed by atoms with Crippen LogP contribution in [0.1, 0.15) is 44.7 Å². The van der Waals surface area contributed by atoms with Crippen molar-refractivity contribution < 1.29 is 18.7 Å². The summed E-state index contributed by atoms with van der Waals surface area (Å²) in [4.78, 5) is 14.1. The minimum atomic E-state index is -0.932. The molecule has 2 rings (SSSR count). The molecule has 22 heavy (non-hydrogen) atoms. The van der Waals surface area contributed by atoms with Crippen LogP contribution in [0.3, 0.4) is 0 Å². The average molecular weight is 312 g/mol. The highest BCUT2D eigenvalue weighted by atomic mass is 19.2. The van der Waals surface area contributed by atoms with Gasteiger partial charge in [0, 0.05) is 6.54 Å². The summed E-state index contributed by atoms with van der Waals surface area (Å²) in [5, 5.41) is 12.4. The molecule has 0 spiro atoms. The predicted molar refractivity (Wildman–Crippen MR) is 79.4 cm³/mol. The SMILES string of the molecule is CCC1(CO)CCCN1C(=O)NC(C)c1ccc(F)c(F)c1. The second kappa shape index (κ2) is 6.60. The van der Waals surface area contributed by atoms with Crippen molar-refractivity contribution in [2.75, 3.05) is 13.2 Å². The molecule has 1 fully saturated rings. The van der Waals surface area contributed by atoms with Crippen molar-refractivity contribution in [1.82, 2.24) is 10.2 Å². The van der Waals surface area contributed by atoms with Gasteiger partial charge in [-0.2, -0.15) is 0 Å². The summed E-state index contributed by atoms with van der Waals surface area (Å²) in [5.74, 6) is -1.84. The van der Waals surface area contributed by atoms with E-state index in [0.717, 1.165) is 25.0 Å². The lowest BCUT2D eigenvalue weighted by Gasteiger charge is -2.37. The Bertz CT molecular complexity index is 547. The van der Waals surface area contributed by atoms with E-state index in [1.54, 1.807) is 11.8 Å². The number of rotatable bonds is 4. The quantitative estimate of drug-likeness (QED) is 0.898. The Morgan fingerprint density at radius 2 is 2.18 bits per heavy atom. The second-order valence-electron chi connectivity index (χ2n) is 5.84. The van der Waals surface area contributed by atoms with Gasteiger partial charge in [-0.25, -0.2) is 13.6 Å². The van der Waals surface area contributed by atoms with E-state index in [4.69, 9.17) is 0 Å². The molecule has 2 N–H and O–H groups in total. The van der Waals surface area contributed by atoms with Crippen LogP contribution in [0, 0.1) is 11.6 Å². The molecule has 2 amide bonds. The Morgan fingerprint density at radius 3 is 2.77 bits per heavy atom. The molecule has 1 aliphatic heterocycles. The molecule has 1 aromatic rings. The molecule has 1 heterocycles. The van der Waals surface area contributed by atoms with Crippen LogP contribution in [0.25, 0.3) is 0 Å². The van der Waals surface area contributed by atoms with Crippen molar-refractivity contribution in [3.8, 4) is 0 Å². The van der Waals surface area contributed by atoms with Crippen LogP contribution in [0.5, 0.6) is 0 Å². The van der Waals surface area contributed by atoms with Crippen LogP contribution in [0.2, 0.25) is 0 Å². The molecule has 6 heteroatoms. The molecule has 0 saturated carbocycles. The first-order chi connectivity index (χ1) is 10.4. The Morgan fingerprint density at radius 1 is 1.45 bits per heavy atom. The molecule has 0 bridgehead atoms. The number of urea groups is 1. The van der Waals surface area contributed by atoms with Crippen LogP contribution in [-0.4, -0.2) is 34.7 Å². The van der Waals surface area contributed by atoms with Crippen molar-refractivity contribution in [3.63, 3.8) is 0 Å². The number of nitrogens with zero attached hydrogens (tertiary/aromatic N) is 1. The second-order valence-corrected chi connectivity index (χ2v) is 5.84. The van der Waals surface area contributed by atoms with Gasteiger partial charge in [0.15, 0.2) is 11.6 Å². The van der Waals surface area contributed by atoms with Crippen molar-refractivity contribution in [2.24, 2.45) is 0 Å². The molecule has 0 aromatic heterocycles. The molecule has 2 atom stereocenters. The van der Waals surface area contributed by atoms with Gasteiger partial charge in [-0.3, -0.25) is 0 Å². The fraction of sp³-hybridized carbons (Fsp3) is 0.562. The maximum atomic E-state index is 13.3. The highest BCUT2D eigenvalue weighted by Gasteiger charge is 2.41. The third-order valence-corrected chi connectivity index (χ3v) is 4.58. The minimum absolute atomic E-state index is 0.0729.